The SMILES string of the molecule is O=S1(=O)N=C(OC/C=C/c2ccccc2)c2ccccc21. The van der Waals surface area contributed by atoms with Crippen molar-refractivity contribution in [3.8, 4) is 0 Å². The van der Waals surface area contributed by atoms with E-state index in [2.05, 4.69) is 4.40 Å². The van der Waals surface area contributed by atoms with E-state index >= 15 is 0 Å². The Hall–Kier alpha value is -2.40. The van der Waals surface area contributed by atoms with Crippen molar-refractivity contribution in [2.24, 2.45) is 4.40 Å². The molecular weight excluding hydrogens is 286 g/mol. The molecule has 0 unspecified atom stereocenters. The molecule has 0 spiro atoms. The normalized spacial score (nSPS) is 15.7. The number of ether oxygens (including phenoxy) is 1. The summed E-state index contributed by atoms with van der Waals surface area (Å²) in [4.78, 5) is 0.201. The van der Waals surface area contributed by atoms with Crippen LogP contribution >= 0.6 is 0 Å². The second-order valence-electron chi connectivity index (χ2n) is 4.49. The topological polar surface area (TPSA) is 55.7 Å². The second kappa shape index (κ2) is 5.54. The van der Waals surface area contributed by atoms with Crippen LogP contribution in [-0.2, 0) is 14.8 Å². The van der Waals surface area contributed by atoms with Gasteiger partial charge in [-0.2, -0.15) is 8.42 Å². The second-order valence-corrected chi connectivity index (χ2v) is 6.06. The van der Waals surface area contributed by atoms with E-state index in [0.717, 1.165) is 5.56 Å². The summed E-state index contributed by atoms with van der Waals surface area (Å²) in [6.07, 6.45) is 3.74. The van der Waals surface area contributed by atoms with E-state index < -0.39 is 10.0 Å². The van der Waals surface area contributed by atoms with Crippen LogP contribution in [0, 0.1) is 0 Å². The van der Waals surface area contributed by atoms with E-state index in [-0.39, 0.29) is 17.4 Å². The minimum atomic E-state index is -3.61. The number of hydrogen-bond acceptors (Lipinski definition) is 3. The molecule has 2 aromatic carbocycles. The lowest BCUT2D eigenvalue weighted by Crippen LogP contribution is -2.04. The van der Waals surface area contributed by atoms with Gasteiger partial charge in [0.25, 0.3) is 10.0 Å². The molecule has 1 aliphatic heterocycles. The first-order valence-electron chi connectivity index (χ1n) is 6.45. The zero-order valence-electron chi connectivity index (χ0n) is 11.1. The Labute approximate surface area is 123 Å². The molecule has 0 saturated carbocycles. The Bertz CT molecular complexity index is 808. The van der Waals surface area contributed by atoms with Gasteiger partial charge < -0.3 is 4.74 Å². The molecule has 0 atom stereocenters. The van der Waals surface area contributed by atoms with Crippen LogP contribution in [0.4, 0.5) is 0 Å². The van der Waals surface area contributed by atoms with Crippen LogP contribution < -0.4 is 0 Å². The van der Waals surface area contributed by atoms with Crippen molar-refractivity contribution in [3.63, 3.8) is 0 Å². The third-order valence-electron chi connectivity index (χ3n) is 3.02. The molecule has 106 valence electrons. The zero-order valence-corrected chi connectivity index (χ0v) is 12.0. The highest BCUT2D eigenvalue weighted by Crippen LogP contribution is 2.26. The van der Waals surface area contributed by atoms with E-state index in [1.807, 2.05) is 42.5 Å². The Balaban J connectivity index is 1.71. The minimum absolute atomic E-state index is 0.156. The summed E-state index contributed by atoms with van der Waals surface area (Å²) >= 11 is 0. The fourth-order valence-corrected chi connectivity index (χ4v) is 3.21. The molecule has 3 rings (SSSR count). The van der Waals surface area contributed by atoms with Gasteiger partial charge in [-0.25, -0.2) is 0 Å². The van der Waals surface area contributed by atoms with E-state index in [1.165, 1.54) is 6.07 Å². The Morgan fingerprint density at radius 1 is 1.00 bits per heavy atom. The summed E-state index contributed by atoms with van der Waals surface area (Å²) in [6, 6.07) is 16.5. The van der Waals surface area contributed by atoms with Crippen molar-refractivity contribution in [1.82, 2.24) is 0 Å². The van der Waals surface area contributed by atoms with Gasteiger partial charge in [0.2, 0.25) is 5.90 Å². The lowest BCUT2D eigenvalue weighted by molar-refractivity contribution is 0.353. The first-order valence-corrected chi connectivity index (χ1v) is 7.89. The minimum Gasteiger partial charge on any atom is -0.472 e. The van der Waals surface area contributed by atoms with Crippen LogP contribution in [0.15, 0.2) is 70.0 Å². The third kappa shape index (κ3) is 2.87. The summed E-state index contributed by atoms with van der Waals surface area (Å²) in [5, 5.41) is 0. The van der Waals surface area contributed by atoms with E-state index in [1.54, 1.807) is 18.2 Å². The van der Waals surface area contributed by atoms with Crippen molar-refractivity contribution in [1.29, 1.82) is 0 Å². The van der Waals surface area contributed by atoms with Crippen molar-refractivity contribution in [3.05, 3.63) is 71.8 Å². The fraction of sp³-hybridized carbons (Fsp3) is 0.0625. The first kappa shape index (κ1) is 13.6. The van der Waals surface area contributed by atoms with Crippen LogP contribution in [0.1, 0.15) is 11.1 Å². The molecule has 0 radical (unpaired) electrons. The molecule has 5 heteroatoms. The quantitative estimate of drug-likeness (QED) is 0.875. The number of benzene rings is 2. The highest BCUT2D eigenvalue weighted by Gasteiger charge is 2.29. The van der Waals surface area contributed by atoms with Crippen molar-refractivity contribution < 1.29 is 13.2 Å². The molecule has 0 aliphatic carbocycles. The van der Waals surface area contributed by atoms with E-state index in [0.29, 0.717) is 5.56 Å². The number of rotatable bonds is 3. The molecule has 21 heavy (non-hydrogen) atoms. The highest BCUT2D eigenvalue weighted by atomic mass is 32.2. The maximum Gasteiger partial charge on any atom is 0.286 e. The van der Waals surface area contributed by atoms with Gasteiger partial charge >= 0.3 is 0 Å². The largest absolute Gasteiger partial charge is 0.472 e. The highest BCUT2D eigenvalue weighted by molar-refractivity contribution is 7.90. The molecule has 0 saturated heterocycles. The average molecular weight is 299 g/mol. The predicted octanol–water partition coefficient (Wildman–Crippen LogP) is 2.87. The van der Waals surface area contributed by atoms with Gasteiger partial charge in [0.15, 0.2) is 0 Å². The van der Waals surface area contributed by atoms with Crippen molar-refractivity contribution >= 4 is 22.0 Å². The fourth-order valence-electron chi connectivity index (χ4n) is 2.06. The Morgan fingerprint density at radius 3 is 2.52 bits per heavy atom. The van der Waals surface area contributed by atoms with Gasteiger partial charge in [0.1, 0.15) is 11.5 Å². The van der Waals surface area contributed by atoms with Crippen LogP contribution in [0.2, 0.25) is 0 Å². The van der Waals surface area contributed by atoms with Gasteiger partial charge in [-0.05, 0) is 23.8 Å². The number of fused-ring (bicyclic) bond motifs is 1. The maximum atomic E-state index is 11.8. The van der Waals surface area contributed by atoms with Crippen LogP contribution in [0.25, 0.3) is 6.08 Å². The maximum absolute atomic E-state index is 11.8. The standard InChI is InChI=1S/C16H13NO3S/c18-21(19)15-11-5-4-10-14(15)16(17-21)20-12-6-9-13-7-2-1-3-8-13/h1-11H,12H2/b9-6+. The molecular formula is C16H13NO3S. The lowest BCUT2D eigenvalue weighted by Gasteiger charge is -2.02. The smallest absolute Gasteiger partial charge is 0.286 e. The molecule has 1 aliphatic rings. The first-order chi connectivity index (χ1) is 10.2. The number of sulfonamides is 1. The van der Waals surface area contributed by atoms with Gasteiger partial charge in [0, 0.05) is 0 Å². The van der Waals surface area contributed by atoms with Crippen molar-refractivity contribution in [2.75, 3.05) is 6.61 Å². The summed E-state index contributed by atoms with van der Waals surface area (Å²) in [7, 11) is -3.61. The lowest BCUT2D eigenvalue weighted by atomic mass is 10.2. The van der Waals surface area contributed by atoms with E-state index in [4.69, 9.17) is 4.74 Å². The Morgan fingerprint density at radius 2 is 1.71 bits per heavy atom. The molecule has 0 aromatic heterocycles. The molecule has 0 fully saturated rings. The van der Waals surface area contributed by atoms with Crippen LogP contribution in [0.5, 0.6) is 0 Å². The molecule has 2 aromatic rings. The monoisotopic (exact) mass is 299 g/mol. The van der Waals surface area contributed by atoms with Gasteiger partial charge in [0.05, 0.1) is 5.56 Å². The van der Waals surface area contributed by atoms with E-state index in [9.17, 15) is 8.42 Å². The average Bonchev–Trinajstić information content (AvgIpc) is 2.77. The van der Waals surface area contributed by atoms with Gasteiger partial charge in [-0.15, -0.1) is 4.40 Å². The summed E-state index contributed by atoms with van der Waals surface area (Å²) in [6.45, 7) is 0.261. The molecule has 0 amide bonds. The number of nitrogens with zero attached hydrogens (tertiary/aromatic N) is 1. The van der Waals surface area contributed by atoms with Gasteiger partial charge in [-0.3, -0.25) is 0 Å². The van der Waals surface area contributed by atoms with Gasteiger partial charge in [-0.1, -0.05) is 48.5 Å². The molecule has 0 N–H and O–H groups in total. The van der Waals surface area contributed by atoms with Crippen LogP contribution in [-0.4, -0.2) is 20.9 Å². The summed E-state index contributed by atoms with van der Waals surface area (Å²) in [5.74, 6) is 0.156. The van der Waals surface area contributed by atoms with Crippen molar-refractivity contribution in [2.45, 2.75) is 4.90 Å². The molecule has 0 bridgehead atoms. The summed E-state index contributed by atoms with van der Waals surface area (Å²) < 4.78 is 32.8. The predicted molar refractivity (Wildman–Crippen MR) is 81.6 cm³/mol. The third-order valence-corrected chi connectivity index (χ3v) is 4.34. The number of hydrogen-bond donors (Lipinski definition) is 0. The zero-order chi connectivity index (χ0) is 14.7. The van der Waals surface area contributed by atoms with Crippen LogP contribution in [0.3, 0.4) is 0 Å². The Kier molecular flexibility index (Phi) is 3.58. The summed E-state index contributed by atoms with van der Waals surface area (Å²) in [5.41, 5.74) is 1.58. The molecule has 1 heterocycles. The molecule has 4 nitrogen and oxygen atoms in total.